The van der Waals surface area contributed by atoms with E-state index in [9.17, 15) is 14.4 Å². The number of carbonyl (C=O) groups excluding carboxylic acids is 3. The topological polar surface area (TPSA) is 91.4 Å². The van der Waals surface area contributed by atoms with Gasteiger partial charge < -0.3 is 10.6 Å². The molecule has 3 rings (SSSR count). The Morgan fingerprint density at radius 3 is 2.47 bits per heavy atom. The first kappa shape index (κ1) is 23.4. The number of anilines is 1. The molecule has 0 unspecified atom stereocenters. The van der Waals surface area contributed by atoms with Crippen LogP contribution in [0.4, 0.5) is 5.82 Å². The molecular weight excluding hydrogens is 404 g/mol. The molecule has 1 aromatic heterocycles. The first-order valence-corrected chi connectivity index (χ1v) is 11.2. The van der Waals surface area contributed by atoms with Gasteiger partial charge in [0.15, 0.2) is 0 Å². The minimum Gasteiger partial charge on any atom is -0.350 e. The van der Waals surface area contributed by atoms with Crippen molar-refractivity contribution >= 4 is 23.5 Å². The first-order chi connectivity index (χ1) is 15.3. The molecule has 1 aromatic carbocycles. The van der Waals surface area contributed by atoms with Gasteiger partial charge in [-0.05, 0) is 29.5 Å². The van der Waals surface area contributed by atoms with E-state index in [4.69, 9.17) is 0 Å². The smallest absolute Gasteiger partial charge is 0.251 e. The lowest BCUT2D eigenvalue weighted by atomic mass is 10.00. The van der Waals surface area contributed by atoms with Crippen LogP contribution < -0.4 is 15.5 Å². The first-order valence-electron chi connectivity index (χ1n) is 11.2. The molecule has 1 aliphatic heterocycles. The molecule has 0 bridgehead atoms. The average Bonchev–Trinajstić information content (AvgIpc) is 3.20. The summed E-state index contributed by atoms with van der Waals surface area (Å²) in [7, 11) is 0. The molecule has 7 heteroatoms. The van der Waals surface area contributed by atoms with Gasteiger partial charge in [0, 0.05) is 25.1 Å². The third-order valence-electron chi connectivity index (χ3n) is 5.96. The van der Waals surface area contributed by atoms with Crippen LogP contribution in [0.1, 0.15) is 45.2 Å². The van der Waals surface area contributed by atoms with Crippen LogP contribution in [0.5, 0.6) is 0 Å². The summed E-state index contributed by atoms with van der Waals surface area (Å²) in [5.74, 6) is -0.565. The maximum absolute atomic E-state index is 13.7. The molecule has 3 atom stereocenters. The summed E-state index contributed by atoms with van der Waals surface area (Å²) in [5, 5.41) is 5.85. The summed E-state index contributed by atoms with van der Waals surface area (Å²) in [6.45, 7) is 7.92. The van der Waals surface area contributed by atoms with Crippen LogP contribution in [-0.4, -0.2) is 34.8 Å². The minimum atomic E-state index is -0.742. The largest absolute Gasteiger partial charge is 0.350 e. The third kappa shape index (κ3) is 5.15. The van der Waals surface area contributed by atoms with Gasteiger partial charge in [0.05, 0.1) is 0 Å². The van der Waals surface area contributed by atoms with Crippen LogP contribution in [0.15, 0.2) is 48.7 Å². The summed E-state index contributed by atoms with van der Waals surface area (Å²) in [5.41, 5.74) is 1.82. The van der Waals surface area contributed by atoms with E-state index in [0.717, 1.165) is 11.1 Å². The number of nitrogens with one attached hydrogen (secondary N) is 2. The van der Waals surface area contributed by atoms with E-state index < -0.39 is 12.1 Å². The molecule has 0 saturated heterocycles. The number of fused-ring (bicyclic) bond motifs is 1. The molecule has 2 N–H and O–H groups in total. The zero-order valence-corrected chi connectivity index (χ0v) is 19.2. The average molecular weight is 437 g/mol. The zero-order chi connectivity index (χ0) is 23.3. The third-order valence-corrected chi connectivity index (χ3v) is 5.96. The fourth-order valence-electron chi connectivity index (χ4n) is 3.77. The van der Waals surface area contributed by atoms with Gasteiger partial charge in [0.2, 0.25) is 11.8 Å². The summed E-state index contributed by atoms with van der Waals surface area (Å²) in [6.07, 6.45) is 2.69. The predicted molar refractivity (Wildman–Crippen MR) is 124 cm³/mol. The SMILES string of the molecule is CC[C@@H](C)C(=O)N[C@H](C(=O)N1c2ncccc2C[C@H]1C(=O)NCc1ccccc1)C(C)C. The number of hydrogen-bond acceptors (Lipinski definition) is 4. The quantitative estimate of drug-likeness (QED) is 0.666. The van der Waals surface area contributed by atoms with Crippen LogP contribution in [0.25, 0.3) is 0 Å². The number of rotatable bonds is 8. The minimum absolute atomic E-state index is 0.142. The Kier molecular flexibility index (Phi) is 7.62. The van der Waals surface area contributed by atoms with E-state index >= 15 is 0 Å². The molecule has 2 aromatic rings. The van der Waals surface area contributed by atoms with Crippen molar-refractivity contribution in [2.75, 3.05) is 4.90 Å². The predicted octanol–water partition coefficient (Wildman–Crippen LogP) is 2.84. The number of benzene rings is 1. The van der Waals surface area contributed by atoms with Crippen LogP contribution in [0.3, 0.4) is 0 Å². The zero-order valence-electron chi connectivity index (χ0n) is 19.2. The lowest BCUT2D eigenvalue weighted by molar-refractivity contribution is -0.131. The number of nitrogens with zero attached hydrogens (tertiary/aromatic N) is 2. The van der Waals surface area contributed by atoms with Crippen molar-refractivity contribution < 1.29 is 14.4 Å². The molecule has 0 fully saturated rings. The highest BCUT2D eigenvalue weighted by atomic mass is 16.2. The highest BCUT2D eigenvalue weighted by Gasteiger charge is 2.42. The lowest BCUT2D eigenvalue weighted by Crippen LogP contribution is -2.57. The maximum atomic E-state index is 13.7. The van der Waals surface area contributed by atoms with Gasteiger partial charge in [-0.25, -0.2) is 4.98 Å². The normalized spacial score (nSPS) is 16.9. The molecule has 0 aliphatic carbocycles. The maximum Gasteiger partial charge on any atom is 0.251 e. The molecule has 1 aliphatic rings. The van der Waals surface area contributed by atoms with Crippen molar-refractivity contribution in [3.8, 4) is 0 Å². The van der Waals surface area contributed by atoms with Crippen molar-refractivity contribution in [2.45, 2.75) is 59.2 Å². The Bertz CT molecular complexity index is 961. The molecule has 2 heterocycles. The molecule has 32 heavy (non-hydrogen) atoms. The second-order valence-corrected chi connectivity index (χ2v) is 8.66. The molecule has 0 spiro atoms. The Morgan fingerprint density at radius 2 is 1.81 bits per heavy atom. The van der Waals surface area contributed by atoms with E-state index in [1.807, 2.05) is 64.1 Å². The van der Waals surface area contributed by atoms with E-state index in [1.165, 1.54) is 4.90 Å². The monoisotopic (exact) mass is 436 g/mol. The fourth-order valence-corrected chi connectivity index (χ4v) is 3.77. The summed E-state index contributed by atoms with van der Waals surface area (Å²) >= 11 is 0. The molecule has 7 nitrogen and oxygen atoms in total. The molecule has 0 radical (unpaired) electrons. The van der Waals surface area contributed by atoms with E-state index in [0.29, 0.717) is 25.2 Å². The standard InChI is InChI=1S/C25H32N4O3/c1-5-17(4)23(30)28-21(16(2)3)25(32)29-20(14-19-12-9-13-26-22(19)29)24(31)27-15-18-10-7-6-8-11-18/h6-13,16-17,20-21H,5,14-15H2,1-4H3,(H,27,31)(H,28,30)/t17-,20+,21+/m1/s1. The van der Waals surface area contributed by atoms with Crippen LogP contribution in [0.2, 0.25) is 0 Å². The van der Waals surface area contributed by atoms with Crippen LogP contribution >= 0.6 is 0 Å². The van der Waals surface area contributed by atoms with Gasteiger partial charge in [0.25, 0.3) is 5.91 Å². The Hall–Kier alpha value is -3.22. The summed E-state index contributed by atoms with van der Waals surface area (Å²) in [6, 6.07) is 11.9. The van der Waals surface area contributed by atoms with Crippen molar-refractivity contribution in [1.82, 2.24) is 15.6 Å². The van der Waals surface area contributed by atoms with Crippen molar-refractivity contribution in [2.24, 2.45) is 11.8 Å². The van der Waals surface area contributed by atoms with Crippen molar-refractivity contribution in [3.05, 3.63) is 59.8 Å². The Balaban J connectivity index is 1.84. The number of hydrogen-bond donors (Lipinski definition) is 2. The van der Waals surface area contributed by atoms with Crippen LogP contribution in [-0.2, 0) is 27.3 Å². The summed E-state index contributed by atoms with van der Waals surface area (Å²) < 4.78 is 0. The van der Waals surface area contributed by atoms with Gasteiger partial charge in [-0.1, -0.05) is 64.1 Å². The lowest BCUT2D eigenvalue weighted by Gasteiger charge is -2.31. The van der Waals surface area contributed by atoms with E-state index in [1.54, 1.807) is 12.3 Å². The van der Waals surface area contributed by atoms with Gasteiger partial charge >= 0.3 is 0 Å². The van der Waals surface area contributed by atoms with Gasteiger partial charge in [-0.3, -0.25) is 19.3 Å². The number of carbonyl (C=O) groups is 3. The highest BCUT2D eigenvalue weighted by Crippen LogP contribution is 2.31. The number of amides is 3. The van der Waals surface area contributed by atoms with Gasteiger partial charge in [-0.15, -0.1) is 0 Å². The van der Waals surface area contributed by atoms with Crippen LogP contribution in [0, 0.1) is 11.8 Å². The fraction of sp³-hybridized carbons (Fsp3) is 0.440. The Morgan fingerprint density at radius 1 is 1.09 bits per heavy atom. The number of aromatic nitrogens is 1. The summed E-state index contributed by atoms with van der Waals surface area (Å²) in [4.78, 5) is 45.2. The van der Waals surface area contributed by atoms with Crippen molar-refractivity contribution in [1.29, 1.82) is 0 Å². The highest BCUT2D eigenvalue weighted by molar-refractivity contribution is 6.06. The van der Waals surface area contributed by atoms with E-state index in [-0.39, 0.29) is 29.6 Å². The Labute approximate surface area is 189 Å². The molecule has 170 valence electrons. The molecule has 3 amide bonds. The molecular formula is C25H32N4O3. The van der Waals surface area contributed by atoms with Gasteiger partial charge in [0.1, 0.15) is 17.9 Å². The molecule has 0 saturated carbocycles. The van der Waals surface area contributed by atoms with Gasteiger partial charge in [-0.2, -0.15) is 0 Å². The second-order valence-electron chi connectivity index (χ2n) is 8.66. The number of pyridine rings is 1. The van der Waals surface area contributed by atoms with Crippen molar-refractivity contribution in [3.63, 3.8) is 0 Å². The van der Waals surface area contributed by atoms with E-state index in [2.05, 4.69) is 15.6 Å². The second kappa shape index (κ2) is 10.4.